The van der Waals surface area contributed by atoms with Gasteiger partial charge in [0.1, 0.15) is 17.3 Å². The lowest BCUT2D eigenvalue weighted by molar-refractivity contribution is -0.139. The predicted molar refractivity (Wildman–Crippen MR) is 108 cm³/mol. The number of carbonyl (C=O) groups excluding carboxylic acids is 3. The van der Waals surface area contributed by atoms with Gasteiger partial charge in [0.25, 0.3) is 11.7 Å². The molecule has 1 heterocycles. The molecule has 2 aromatic carbocycles. The molecule has 1 unspecified atom stereocenters. The first-order valence-corrected chi connectivity index (χ1v) is 9.58. The standard InChI is InChI=1S/C23H22FNO5/c1-4-11-25-20(15-5-8-17(9-6-15)30-14(3)26)19(22(28)23(25)29)21(27)16-7-10-18(24)13(2)12-16/h5-10,12,20,27H,4,11H2,1-3H3/b21-19-. The minimum absolute atomic E-state index is 0.0558. The summed E-state index contributed by atoms with van der Waals surface area (Å²) >= 11 is 0. The van der Waals surface area contributed by atoms with Crippen LogP contribution in [0.2, 0.25) is 0 Å². The molecule has 7 heteroatoms. The molecule has 156 valence electrons. The van der Waals surface area contributed by atoms with Crippen LogP contribution in [-0.4, -0.2) is 34.2 Å². The van der Waals surface area contributed by atoms with Gasteiger partial charge in [-0.3, -0.25) is 14.4 Å². The van der Waals surface area contributed by atoms with E-state index in [1.54, 1.807) is 31.2 Å². The van der Waals surface area contributed by atoms with Crippen molar-refractivity contribution in [1.29, 1.82) is 0 Å². The highest BCUT2D eigenvalue weighted by Crippen LogP contribution is 2.40. The summed E-state index contributed by atoms with van der Waals surface area (Å²) in [5, 5.41) is 10.9. The number of rotatable bonds is 5. The molecule has 30 heavy (non-hydrogen) atoms. The number of aliphatic hydroxyl groups is 1. The molecule has 0 aliphatic carbocycles. The van der Waals surface area contributed by atoms with E-state index in [1.165, 1.54) is 30.0 Å². The molecule has 1 fully saturated rings. The number of ketones is 1. The van der Waals surface area contributed by atoms with Crippen molar-refractivity contribution in [3.8, 4) is 5.75 Å². The number of ether oxygens (including phenoxy) is 1. The summed E-state index contributed by atoms with van der Waals surface area (Å²) in [7, 11) is 0. The third-order valence-corrected chi connectivity index (χ3v) is 4.89. The Balaban J connectivity index is 2.13. The minimum Gasteiger partial charge on any atom is -0.507 e. The van der Waals surface area contributed by atoms with E-state index in [-0.39, 0.29) is 16.9 Å². The average Bonchev–Trinajstić information content (AvgIpc) is 2.95. The first-order valence-electron chi connectivity index (χ1n) is 9.58. The Morgan fingerprint density at radius 1 is 1.17 bits per heavy atom. The average molecular weight is 411 g/mol. The van der Waals surface area contributed by atoms with Crippen LogP contribution in [0.3, 0.4) is 0 Å². The normalized spacial score (nSPS) is 18.0. The van der Waals surface area contributed by atoms with Crippen LogP contribution >= 0.6 is 0 Å². The van der Waals surface area contributed by atoms with Gasteiger partial charge in [0.15, 0.2) is 0 Å². The SMILES string of the molecule is CCCN1C(=O)C(=O)/C(=C(\O)c2ccc(F)c(C)c2)C1c1ccc(OC(C)=O)cc1. The quantitative estimate of drug-likeness (QED) is 0.265. The Morgan fingerprint density at radius 2 is 1.83 bits per heavy atom. The highest BCUT2D eigenvalue weighted by Gasteiger charge is 2.45. The molecule has 2 aromatic rings. The maximum atomic E-state index is 13.6. The van der Waals surface area contributed by atoms with E-state index in [2.05, 4.69) is 0 Å². The van der Waals surface area contributed by atoms with Gasteiger partial charge in [0, 0.05) is 19.0 Å². The van der Waals surface area contributed by atoms with E-state index in [9.17, 15) is 23.9 Å². The second-order valence-electron chi connectivity index (χ2n) is 7.12. The fourth-order valence-corrected chi connectivity index (χ4v) is 3.53. The zero-order valence-corrected chi connectivity index (χ0v) is 16.9. The molecular weight excluding hydrogens is 389 g/mol. The van der Waals surface area contributed by atoms with Crippen molar-refractivity contribution in [2.75, 3.05) is 6.54 Å². The number of nitrogens with zero attached hydrogens (tertiary/aromatic N) is 1. The molecule has 0 spiro atoms. The van der Waals surface area contributed by atoms with E-state index in [0.717, 1.165) is 0 Å². The number of esters is 1. The maximum Gasteiger partial charge on any atom is 0.308 e. The van der Waals surface area contributed by atoms with Gasteiger partial charge in [-0.25, -0.2) is 4.39 Å². The van der Waals surface area contributed by atoms with Crippen molar-refractivity contribution >= 4 is 23.4 Å². The zero-order chi connectivity index (χ0) is 22.0. The smallest absolute Gasteiger partial charge is 0.308 e. The zero-order valence-electron chi connectivity index (χ0n) is 16.9. The first kappa shape index (κ1) is 21.2. The van der Waals surface area contributed by atoms with E-state index in [4.69, 9.17) is 4.74 Å². The summed E-state index contributed by atoms with van der Waals surface area (Å²) in [6, 6.07) is 9.60. The number of carbonyl (C=O) groups is 3. The van der Waals surface area contributed by atoms with E-state index in [1.807, 2.05) is 6.92 Å². The molecule has 1 atom stereocenters. The van der Waals surface area contributed by atoms with Crippen LogP contribution in [0.25, 0.3) is 5.76 Å². The minimum atomic E-state index is -0.804. The van der Waals surface area contributed by atoms with Crippen molar-refractivity contribution in [2.45, 2.75) is 33.2 Å². The third-order valence-electron chi connectivity index (χ3n) is 4.89. The molecule has 1 aliphatic rings. The molecule has 0 bridgehead atoms. The second kappa shape index (κ2) is 8.49. The van der Waals surface area contributed by atoms with Gasteiger partial charge < -0.3 is 14.7 Å². The molecule has 1 saturated heterocycles. The van der Waals surface area contributed by atoms with Crippen molar-refractivity contribution < 1.29 is 28.6 Å². The van der Waals surface area contributed by atoms with E-state index < -0.39 is 29.5 Å². The van der Waals surface area contributed by atoms with Gasteiger partial charge in [-0.15, -0.1) is 0 Å². The number of amides is 1. The molecule has 3 rings (SSSR count). The molecular formula is C23H22FNO5. The Hall–Kier alpha value is -3.48. The van der Waals surface area contributed by atoms with Crippen molar-refractivity contribution in [3.63, 3.8) is 0 Å². The molecule has 1 aliphatic heterocycles. The summed E-state index contributed by atoms with van der Waals surface area (Å²) in [6.45, 7) is 5.03. The van der Waals surface area contributed by atoms with Crippen LogP contribution in [0.1, 0.15) is 43.0 Å². The Morgan fingerprint density at radius 3 is 2.40 bits per heavy atom. The third kappa shape index (κ3) is 3.96. The van der Waals surface area contributed by atoms with Crippen LogP contribution in [-0.2, 0) is 14.4 Å². The topological polar surface area (TPSA) is 83.9 Å². The lowest BCUT2D eigenvalue weighted by atomic mass is 9.94. The summed E-state index contributed by atoms with van der Waals surface area (Å²) in [4.78, 5) is 38.0. The van der Waals surface area contributed by atoms with Crippen LogP contribution in [0.4, 0.5) is 4.39 Å². The van der Waals surface area contributed by atoms with Crippen LogP contribution in [0.5, 0.6) is 5.75 Å². The van der Waals surface area contributed by atoms with Crippen LogP contribution in [0.15, 0.2) is 48.0 Å². The van der Waals surface area contributed by atoms with Gasteiger partial charge in [-0.2, -0.15) is 0 Å². The number of hydrogen-bond donors (Lipinski definition) is 1. The summed E-state index contributed by atoms with van der Waals surface area (Å²) < 4.78 is 18.7. The monoisotopic (exact) mass is 411 g/mol. The van der Waals surface area contributed by atoms with Crippen molar-refractivity contribution in [3.05, 3.63) is 70.5 Å². The Labute approximate surface area is 173 Å². The lowest BCUT2D eigenvalue weighted by Crippen LogP contribution is -2.30. The van der Waals surface area contributed by atoms with Crippen molar-refractivity contribution in [2.24, 2.45) is 0 Å². The van der Waals surface area contributed by atoms with Gasteiger partial charge in [0.05, 0.1) is 11.6 Å². The highest BCUT2D eigenvalue weighted by molar-refractivity contribution is 6.46. The largest absolute Gasteiger partial charge is 0.507 e. The highest BCUT2D eigenvalue weighted by atomic mass is 19.1. The van der Waals surface area contributed by atoms with Gasteiger partial charge in [0.2, 0.25) is 0 Å². The molecule has 1 amide bonds. The summed E-state index contributed by atoms with van der Waals surface area (Å²) in [5.41, 5.74) is 1.09. The molecule has 0 radical (unpaired) electrons. The first-order chi connectivity index (χ1) is 14.2. The summed E-state index contributed by atoms with van der Waals surface area (Å²) in [6.07, 6.45) is 0.616. The predicted octanol–water partition coefficient (Wildman–Crippen LogP) is 3.89. The number of aliphatic hydroxyl groups excluding tert-OH is 1. The van der Waals surface area contributed by atoms with E-state index >= 15 is 0 Å². The number of Topliss-reactive ketones (excluding diaryl/α,β-unsaturated/α-hetero) is 1. The molecule has 0 aromatic heterocycles. The van der Waals surface area contributed by atoms with Gasteiger partial charge in [-0.1, -0.05) is 19.1 Å². The number of likely N-dealkylation sites (tertiary alicyclic amines) is 1. The fourth-order valence-electron chi connectivity index (χ4n) is 3.53. The fraction of sp³-hybridized carbons (Fsp3) is 0.261. The molecule has 0 saturated carbocycles. The van der Waals surface area contributed by atoms with Gasteiger partial charge in [-0.05, 0) is 54.8 Å². The lowest BCUT2D eigenvalue weighted by Gasteiger charge is -2.25. The van der Waals surface area contributed by atoms with Gasteiger partial charge >= 0.3 is 5.97 Å². The Kier molecular flexibility index (Phi) is 6.01. The second-order valence-corrected chi connectivity index (χ2v) is 7.12. The maximum absolute atomic E-state index is 13.6. The summed E-state index contributed by atoms with van der Waals surface area (Å²) in [5.74, 6) is -2.43. The molecule has 6 nitrogen and oxygen atoms in total. The number of hydrogen-bond acceptors (Lipinski definition) is 5. The van der Waals surface area contributed by atoms with Crippen LogP contribution < -0.4 is 4.74 Å². The number of aryl methyl sites for hydroxylation is 1. The van der Waals surface area contributed by atoms with Crippen LogP contribution in [0, 0.1) is 12.7 Å². The van der Waals surface area contributed by atoms with E-state index in [0.29, 0.717) is 29.8 Å². The number of halogens is 1. The Bertz CT molecular complexity index is 1040. The molecule has 1 N–H and O–H groups in total. The number of benzene rings is 2. The van der Waals surface area contributed by atoms with Crippen molar-refractivity contribution in [1.82, 2.24) is 4.90 Å².